The quantitative estimate of drug-likeness (QED) is 0.866. The highest BCUT2D eigenvalue weighted by atomic mass is 16.5. The summed E-state index contributed by atoms with van der Waals surface area (Å²) in [6.07, 6.45) is 3.54. The van der Waals surface area contributed by atoms with Gasteiger partial charge in [0.25, 0.3) is 5.91 Å². The number of nitrogens with two attached hydrogens (primary N) is 1. The third kappa shape index (κ3) is 2.78. The maximum Gasteiger partial charge on any atom is 0.252 e. The molecule has 1 saturated heterocycles. The second-order valence-electron chi connectivity index (χ2n) is 7.70. The van der Waals surface area contributed by atoms with Crippen LogP contribution in [0.25, 0.3) is 0 Å². The standard InChI is InChI=1S/C18H27N3O3/c1-17(2)10-21(8-7-18(17,23)11-24-3)16-13(15(19)22)9-12-5-4-6-14(12)20-16/h9,23H,4-8,10-11H2,1-3H3,(H2,19,22)/t18-/m1/s1. The van der Waals surface area contributed by atoms with Crippen molar-refractivity contribution in [1.29, 1.82) is 0 Å². The molecule has 2 aliphatic rings. The monoisotopic (exact) mass is 333 g/mol. The summed E-state index contributed by atoms with van der Waals surface area (Å²) in [5.41, 5.74) is 7.03. The van der Waals surface area contributed by atoms with Crippen LogP contribution in [0.5, 0.6) is 0 Å². The van der Waals surface area contributed by atoms with Crippen LogP contribution in [0.3, 0.4) is 0 Å². The van der Waals surface area contributed by atoms with Gasteiger partial charge in [0.15, 0.2) is 0 Å². The SMILES string of the molecule is COC[C@]1(O)CCN(c2nc3c(cc2C(N)=O)CCC3)CC1(C)C. The van der Waals surface area contributed by atoms with Gasteiger partial charge >= 0.3 is 0 Å². The van der Waals surface area contributed by atoms with Crippen molar-refractivity contribution in [3.8, 4) is 0 Å². The summed E-state index contributed by atoms with van der Waals surface area (Å²) >= 11 is 0. The third-order valence-electron chi connectivity index (χ3n) is 5.62. The molecule has 1 aromatic heterocycles. The zero-order valence-corrected chi connectivity index (χ0v) is 14.8. The number of hydrogen-bond acceptors (Lipinski definition) is 5. The number of rotatable bonds is 4. The Balaban J connectivity index is 1.95. The first-order valence-electron chi connectivity index (χ1n) is 8.56. The van der Waals surface area contributed by atoms with Crippen LogP contribution >= 0.6 is 0 Å². The second kappa shape index (κ2) is 6.01. The highest BCUT2D eigenvalue weighted by molar-refractivity contribution is 5.98. The van der Waals surface area contributed by atoms with Crippen LogP contribution in [-0.4, -0.2) is 48.4 Å². The number of pyridine rings is 1. The van der Waals surface area contributed by atoms with E-state index in [4.69, 9.17) is 15.5 Å². The normalized spacial score (nSPS) is 25.6. The van der Waals surface area contributed by atoms with E-state index in [1.165, 1.54) is 0 Å². The van der Waals surface area contributed by atoms with E-state index in [2.05, 4.69) is 4.90 Å². The van der Waals surface area contributed by atoms with Crippen molar-refractivity contribution in [2.75, 3.05) is 31.7 Å². The van der Waals surface area contributed by atoms with Crippen LogP contribution in [0.2, 0.25) is 0 Å². The Kier molecular flexibility index (Phi) is 4.30. The predicted octanol–water partition coefficient (Wildman–Crippen LogP) is 1.28. The van der Waals surface area contributed by atoms with Gasteiger partial charge in [0.05, 0.1) is 17.8 Å². The Morgan fingerprint density at radius 3 is 2.83 bits per heavy atom. The maximum absolute atomic E-state index is 11.9. The van der Waals surface area contributed by atoms with E-state index in [1.54, 1.807) is 7.11 Å². The van der Waals surface area contributed by atoms with Crippen molar-refractivity contribution in [3.05, 3.63) is 22.9 Å². The van der Waals surface area contributed by atoms with Crippen LogP contribution in [0.4, 0.5) is 5.82 Å². The number of amides is 1. The molecule has 1 aliphatic heterocycles. The van der Waals surface area contributed by atoms with E-state index in [0.717, 1.165) is 30.5 Å². The largest absolute Gasteiger partial charge is 0.387 e. The lowest BCUT2D eigenvalue weighted by Gasteiger charge is -2.50. The fourth-order valence-corrected chi connectivity index (χ4v) is 3.93. The van der Waals surface area contributed by atoms with Gasteiger partial charge in [-0.2, -0.15) is 0 Å². The van der Waals surface area contributed by atoms with Gasteiger partial charge in [-0.25, -0.2) is 4.98 Å². The van der Waals surface area contributed by atoms with E-state index < -0.39 is 16.9 Å². The summed E-state index contributed by atoms with van der Waals surface area (Å²) in [5, 5.41) is 10.9. The molecule has 0 radical (unpaired) electrons. The number of primary amides is 1. The molecule has 3 N–H and O–H groups in total. The number of nitrogens with zero attached hydrogens (tertiary/aromatic N) is 2. The molecule has 132 valence electrons. The number of aromatic nitrogens is 1. The Morgan fingerprint density at radius 1 is 1.46 bits per heavy atom. The molecular weight excluding hydrogens is 306 g/mol. The van der Waals surface area contributed by atoms with Crippen molar-refractivity contribution >= 4 is 11.7 Å². The second-order valence-corrected chi connectivity index (χ2v) is 7.70. The number of aliphatic hydroxyl groups is 1. The number of fused-ring (bicyclic) bond motifs is 1. The Labute approximate surface area is 143 Å². The van der Waals surface area contributed by atoms with Crippen LogP contribution < -0.4 is 10.6 Å². The number of hydrogen-bond donors (Lipinski definition) is 2. The van der Waals surface area contributed by atoms with Crippen molar-refractivity contribution in [2.24, 2.45) is 11.1 Å². The molecule has 1 amide bonds. The summed E-state index contributed by atoms with van der Waals surface area (Å²) in [5.74, 6) is 0.221. The Bertz CT molecular complexity index is 659. The summed E-state index contributed by atoms with van der Waals surface area (Å²) < 4.78 is 5.23. The highest BCUT2D eigenvalue weighted by Crippen LogP contribution is 2.41. The van der Waals surface area contributed by atoms with Gasteiger partial charge in [0, 0.05) is 31.3 Å². The zero-order chi connectivity index (χ0) is 17.5. The molecule has 6 nitrogen and oxygen atoms in total. The predicted molar refractivity (Wildman–Crippen MR) is 92.2 cm³/mol. The molecule has 0 unspecified atom stereocenters. The molecule has 3 rings (SSSR count). The molecular formula is C18H27N3O3. The molecule has 24 heavy (non-hydrogen) atoms. The first-order valence-corrected chi connectivity index (χ1v) is 8.56. The van der Waals surface area contributed by atoms with Gasteiger partial charge < -0.3 is 20.5 Å². The Morgan fingerprint density at radius 2 is 2.21 bits per heavy atom. The smallest absolute Gasteiger partial charge is 0.252 e. The summed E-state index contributed by atoms with van der Waals surface area (Å²) in [7, 11) is 1.60. The van der Waals surface area contributed by atoms with Crippen LogP contribution in [0, 0.1) is 5.41 Å². The minimum absolute atomic E-state index is 0.300. The van der Waals surface area contributed by atoms with Gasteiger partial charge in [0.2, 0.25) is 0 Å². The van der Waals surface area contributed by atoms with Crippen molar-refractivity contribution in [3.63, 3.8) is 0 Å². The molecule has 1 atom stereocenters. The molecule has 0 spiro atoms. The van der Waals surface area contributed by atoms with Gasteiger partial charge in [-0.15, -0.1) is 0 Å². The Hall–Kier alpha value is -1.66. The first-order chi connectivity index (χ1) is 11.3. The van der Waals surface area contributed by atoms with Crippen molar-refractivity contribution in [1.82, 2.24) is 4.98 Å². The lowest BCUT2D eigenvalue weighted by molar-refractivity contribution is -0.122. The number of ether oxygens (including phenoxy) is 1. The molecule has 0 bridgehead atoms. The molecule has 0 aromatic carbocycles. The van der Waals surface area contributed by atoms with Crippen molar-refractivity contribution in [2.45, 2.75) is 45.1 Å². The average molecular weight is 333 g/mol. The summed E-state index contributed by atoms with van der Waals surface area (Å²) in [6, 6.07) is 1.91. The molecule has 2 heterocycles. The summed E-state index contributed by atoms with van der Waals surface area (Å²) in [4.78, 5) is 18.8. The van der Waals surface area contributed by atoms with E-state index in [0.29, 0.717) is 37.5 Å². The number of methoxy groups -OCH3 is 1. The topological polar surface area (TPSA) is 88.7 Å². The number of carbonyl (C=O) groups is 1. The number of piperidine rings is 1. The number of aryl methyl sites for hydroxylation is 2. The average Bonchev–Trinajstić information content (AvgIpc) is 2.96. The first kappa shape index (κ1) is 17.2. The van der Waals surface area contributed by atoms with Crippen LogP contribution in [-0.2, 0) is 17.6 Å². The minimum atomic E-state index is -0.887. The highest BCUT2D eigenvalue weighted by Gasteiger charge is 2.48. The summed E-state index contributed by atoms with van der Waals surface area (Å²) in [6.45, 7) is 5.56. The van der Waals surface area contributed by atoms with Crippen LogP contribution in [0.1, 0.15) is 48.3 Å². The van der Waals surface area contributed by atoms with E-state index >= 15 is 0 Å². The lowest BCUT2D eigenvalue weighted by atomic mass is 9.70. The van der Waals surface area contributed by atoms with Crippen molar-refractivity contribution < 1.29 is 14.6 Å². The zero-order valence-electron chi connectivity index (χ0n) is 14.8. The molecule has 0 saturated carbocycles. The minimum Gasteiger partial charge on any atom is -0.387 e. The molecule has 1 aliphatic carbocycles. The van der Waals surface area contributed by atoms with Crippen LogP contribution in [0.15, 0.2) is 6.07 Å². The number of anilines is 1. The van der Waals surface area contributed by atoms with Gasteiger partial charge in [0.1, 0.15) is 5.82 Å². The number of carbonyl (C=O) groups excluding carboxylic acids is 1. The maximum atomic E-state index is 11.9. The molecule has 1 aromatic rings. The molecule has 1 fully saturated rings. The van der Waals surface area contributed by atoms with Gasteiger partial charge in [-0.1, -0.05) is 13.8 Å². The van der Waals surface area contributed by atoms with E-state index in [-0.39, 0.29) is 0 Å². The van der Waals surface area contributed by atoms with Gasteiger partial charge in [-0.3, -0.25) is 4.79 Å². The third-order valence-corrected chi connectivity index (χ3v) is 5.62. The fraction of sp³-hybridized carbons (Fsp3) is 0.667. The lowest BCUT2D eigenvalue weighted by Crippen LogP contribution is -2.60. The van der Waals surface area contributed by atoms with E-state index in [9.17, 15) is 9.90 Å². The molecule has 6 heteroatoms. The van der Waals surface area contributed by atoms with Gasteiger partial charge in [-0.05, 0) is 37.3 Å². The van der Waals surface area contributed by atoms with E-state index in [1.807, 2.05) is 19.9 Å². The fourth-order valence-electron chi connectivity index (χ4n) is 3.93.